The van der Waals surface area contributed by atoms with E-state index in [0.29, 0.717) is 13.2 Å². The van der Waals surface area contributed by atoms with Crippen LogP contribution in [0.15, 0.2) is 22.7 Å². The Kier molecular flexibility index (Phi) is 4.84. The summed E-state index contributed by atoms with van der Waals surface area (Å²) < 4.78 is 11.5. The SMILES string of the molecule is COc1ccc(C(O)C2(CN)CCCOC2)cc1Br. The van der Waals surface area contributed by atoms with Crippen LogP contribution in [0.2, 0.25) is 0 Å². The van der Waals surface area contributed by atoms with E-state index in [9.17, 15) is 5.11 Å². The number of halogens is 1. The number of ether oxygens (including phenoxy) is 2. The highest BCUT2D eigenvalue weighted by molar-refractivity contribution is 9.10. The maximum absolute atomic E-state index is 10.7. The summed E-state index contributed by atoms with van der Waals surface area (Å²) in [6, 6.07) is 5.60. The third-order valence-electron chi connectivity index (χ3n) is 3.83. The van der Waals surface area contributed by atoms with Gasteiger partial charge in [-0.2, -0.15) is 0 Å². The van der Waals surface area contributed by atoms with Crippen molar-refractivity contribution in [2.24, 2.45) is 11.1 Å². The minimum atomic E-state index is -0.625. The molecule has 1 fully saturated rings. The van der Waals surface area contributed by atoms with E-state index in [0.717, 1.165) is 35.2 Å². The highest BCUT2D eigenvalue weighted by atomic mass is 79.9. The van der Waals surface area contributed by atoms with Gasteiger partial charge in [0.15, 0.2) is 0 Å². The molecule has 1 aromatic rings. The molecule has 0 bridgehead atoms. The van der Waals surface area contributed by atoms with Crippen molar-refractivity contribution in [2.75, 3.05) is 26.9 Å². The minimum Gasteiger partial charge on any atom is -0.496 e. The van der Waals surface area contributed by atoms with Gasteiger partial charge >= 0.3 is 0 Å². The first-order chi connectivity index (χ1) is 9.13. The fraction of sp³-hybridized carbons (Fsp3) is 0.571. The second-order valence-electron chi connectivity index (χ2n) is 5.02. The number of aliphatic hydroxyl groups excluding tert-OH is 1. The molecule has 1 aromatic carbocycles. The van der Waals surface area contributed by atoms with Crippen LogP contribution in [0.4, 0.5) is 0 Å². The monoisotopic (exact) mass is 329 g/mol. The molecule has 1 saturated heterocycles. The van der Waals surface area contributed by atoms with E-state index in [1.54, 1.807) is 7.11 Å². The largest absolute Gasteiger partial charge is 0.496 e. The average Bonchev–Trinajstić information content (AvgIpc) is 2.47. The second kappa shape index (κ2) is 6.22. The standard InChI is InChI=1S/C14H20BrNO3/c1-18-12-4-3-10(7-11(12)15)13(17)14(8-16)5-2-6-19-9-14/h3-4,7,13,17H,2,5-6,8-9,16H2,1H3. The molecule has 19 heavy (non-hydrogen) atoms. The van der Waals surface area contributed by atoms with Crippen LogP contribution in [0.25, 0.3) is 0 Å². The lowest BCUT2D eigenvalue weighted by Crippen LogP contribution is -2.43. The first-order valence-electron chi connectivity index (χ1n) is 6.42. The molecule has 4 nitrogen and oxygen atoms in total. The summed E-state index contributed by atoms with van der Waals surface area (Å²) in [5.41, 5.74) is 6.35. The van der Waals surface area contributed by atoms with Crippen molar-refractivity contribution in [1.82, 2.24) is 0 Å². The molecule has 0 aliphatic carbocycles. The number of hydrogen-bond acceptors (Lipinski definition) is 4. The smallest absolute Gasteiger partial charge is 0.133 e. The molecule has 1 heterocycles. The van der Waals surface area contributed by atoms with Crippen LogP contribution in [0.5, 0.6) is 5.75 Å². The van der Waals surface area contributed by atoms with Gasteiger partial charge in [-0.15, -0.1) is 0 Å². The molecule has 0 radical (unpaired) electrons. The van der Waals surface area contributed by atoms with Crippen LogP contribution in [-0.2, 0) is 4.74 Å². The fourth-order valence-corrected chi connectivity index (χ4v) is 3.13. The van der Waals surface area contributed by atoms with Crippen LogP contribution in [0.3, 0.4) is 0 Å². The van der Waals surface area contributed by atoms with E-state index in [2.05, 4.69) is 15.9 Å². The Balaban J connectivity index is 2.26. The lowest BCUT2D eigenvalue weighted by atomic mass is 9.75. The van der Waals surface area contributed by atoms with Gasteiger partial charge in [0.05, 0.1) is 24.3 Å². The summed E-state index contributed by atoms with van der Waals surface area (Å²) in [6.45, 7) is 1.67. The Labute approximate surface area is 122 Å². The predicted octanol–water partition coefficient (Wildman–Crippen LogP) is 2.25. The quantitative estimate of drug-likeness (QED) is 0.889. The Bertz CT molecular complexity index is 433. The maximum atomic E-state index is 10.7. The molecule has 106 valence electrons. The van der Waals surface area contributed by atoms with E-state index in [1.165, 1.54) is 0 Å². The van der Waals surface area contributed by atoms with Gasteiger partial charge in [0.1, 0.15) is 5.75 Å². The fourth-order valence-electron chi connectivity index (χ4n) is 2.57. The zero-order valence-electron chi connectivity index (χ0n) is 11.1. The average molecular weight is 330 g/mol. The van der Waals surface area contributed by atoms with Gasteiger partial charge in [0.2, 0.25) is 0 Å². The van der Waals surface area contributed by atoms with Gasteiger partial charge in [-0.1, -0.05) is 6.07 Å². The first kappa shape index (κ1) is 14.8. The van der Waals surface area contributed by atoms with Crippen LogP contribution in [0, 0.1) is 5.41 Å². The highest BCUT2D eigenvalue weighted by Gasteiger charge is 2.39. The lowest BCUT2D eigenvalue weighted by molar-refractivity contribution is -0.0782. The molecular formula is C14H20BrNO3. The molecule has 1 aliphatic rings. The Morgan fingerprint density at radius 1 is 1.58 bits per heavy atom. The third kappa shape index (κ3) is 2.94. The molecule has 0 aromatic heterocycles. The van der Waals surface area contributed by atoms with Gasteiger partial charge < -0.3 is 20.3 Å². The number of hydrogen-bond donors (Lipinski definition) is 2. The first-order valence-corrected chi connectivity index (χ1v) is 7.21. The summed E-state index contributed by atoms with van der Waals surface area (Å²) in [4.78, 5) is 0. The molecule has 2 atom stereocenters. The molecule has 5 heteroatoms. The Morgan fingerprint density at radius 3 is 2.89 bits per heavy atom. The Hall–Kier alpha value is -0.620. The highest BCUT2D eigenvalue weighted by Crippen LogP contribution is 2.41. The molecule has 3 N–H and O–H groups in total. The molecule has 2 unspecified atom stereocenters. The van der Waals surface area contributed by atoms with Crippen molar-refractivity contribution in [3.63, 3.8) is 0 Å². The molecule has 2 rings (SSSR count). The van der Waals surface area contributed by atoms with Crippen LogP contribution >= 0.6 is 15.9 Å². The second-order valence-corrected chi connectivity index (χ2v) is 5.87. The number of methoxy groups -OCH3 is 1. The zero-order chi connectivity index (χ0) is 13.9. The Morgan fingerprint density at radius 2 is 2.37 bits per heavy atom. The van der Waals surface area contributed by atoms with E-state index in [4.69, 9.17) is 15.2 Å². The number of nitrogens with two attached hydrogens (primary N) is 1. The van der Waals surface area contributed by atoms with Crippen molar-refractivity contribution < 1.29 is 14.6 Å². The normalized spacial score (nSPS) is 25.1. The zero-order valence-corrected chi connectivity index (χ0v) is 12.6. The molecule has 1 aliphatic heterocycles. The van der Waals surface area contributed by atoms with Gasteiger partial charge in [0, 0.05) is 18.6 Å². The van der Waals surface area contributed by atoms with E-state index in [1.807, 2.05) is 18.2 Å². The van der Waals surface area contributed by atoms with Crippen molar-refractivity contribution >= 4 is 15.9 Å². The molecule has 0 saturated carbocycles. The number of benzene rings is 1. The van der Waals surface area contributed by atoms with Gasteiger partial charge in [-0.25, -0.2) is 0 Å². The van der Waals surface area contributed by atoms with Crippen molar-refractivity contribution in [2.45, 2.75) is 18.9 Å². The summed E-state index contributed by atoms with van der Waals surface area (Å²) >= 11 is 3.44. The van der Waals surface area contributed by atoms with Crippen molar-refractivity contribution in [1.29, 1.82) is 0 Å². The maximum Gasteiger partial charge on any atom is 0.133 e. The summed E-state index contributed by atoms with van der Waals surface area (Å²) in [5, 5.41) is 10.7. The third-order valence-corrected chi connectivity index (χ3v) is 4.45. The number of rotatable bonds is 4. The molecular weight excluding hydrogens is 310 g/mol. The summed E-state index contributed by atoms with van der Waals surface area (Å²) in [6.07, 6.45) is 1.19. The minimum absolute atomic E-state index is 0.383. The molecule has 0 spiro atoms. The van der Waals surface area contributed by atoms with E-state index in [-0.39, 0.29) is 5.41 Å². The van der Waals surface area contributed by atoms with Crippen LogP contribution in [-0.4, -0.2) is 32.0 Å². The topological polar surface area (TPSA) is 64.7 Å². The van der Waals surface area contributed by atoms with Crippen molar-refractivity contribution in [3.05, 3.63) is 28.2 Å². The van der Waals surface area contributed by atoms with Gasteiger partial charge in [0.25, 0.3) is 0 Å². The lowest BCUT2D eigenvalue weighted by Gasteiger charge is -2.40. The van der Waals surface area contributed by atoms with Crippen LogP contribution < -0.4 is 10.5 Å². The van der Waals surface area contributed by atoms with Crippen molar-refractivity contribution in [3.8, 4) is 5.75 Å². The summed E-state index contributed by atoms with van der Waals surface area (Å²) in [5.74, 6) is 0.748. The van der Waals surface area contributed by atoms with Crippen LogP contribution in [0.1, 0.15) is 24.5 Å². The van der Waals surface area contributed by atoms with Gasteiger partial charge in [-0.05, 0) is 46.5 Å². The number of aliphatic hydroxyl groups is 1. The van der Waals surface area contributed by atoms with E-state index < -0.39 is 6.10 Å². The molecule has 0 amide bonds. The predicted molar refractivity (Wildman–Crippen MR) is 77.2 cm³/mol. The van der Waals surface area contributed by atoms with Gasteiger partial charge in [-0.3, -0.25) is 0 Å². The van der Waals surface area contributed by atoms with E-state index >= 15 is 0 Å². The summed E-state index contributed by atoms with van der Waals surface area (Å²) in [7, 11) is 1.62.